The van der Waals surface area contributed by atoms with Crippen molar-refractivity contribution in [1.82, 2.24) is 20.1 Å². The Bertz CT molecular complexity index is 514. The minimum Gasteiger partial charge on any atom is -0.294 e. The Kier molecular flexibility index (Phi) is 3.70. The van der Waals surface area contributed by atoms with Crippen molar-refractivity contribution in [3.8, 4) is 6.07 Å². The molecule has 5 heteroatoms. The standard InChI is InChI=1S/C13H15N5/c1-2-16-13(8-14,9-18-11-15-10-17-18)12-6-4-3-5-7-12/h3-7,10-11,16H,2,9H2,1H3. The van der Waals surface area contributed by atoms with Gasteiger partial charge in [0.15, 0.2) is 5.54 Å². The van der Waals surface area contributed by atoms with Gasteiger partial charge in [0, 0.05) is 0 Å². The van der Waals surface area contributed by atoms with E-state index in [1.54, 1.807) is 11.0 Å². The molecule has 1 aromatic heterocycles. The minimum absolute atomic E-state index is 0.432. The molecule has 0 bridgehead atoms. The molecule has 0 saturated carbocycles. The lowest BCUT2D eigenvalue weighted by atomic mass is 9.91. The van der Waals surface area contributed by atoms with Gasteiger partial charge in [0.25, 0.3) is 0 Å². The van der Waals surface area contributed by atoms with Crippen LogP contribution in [0.15, 0.2) is 43.0 Å². The van der Waals surface area contributed by atoms with Gasteiger partial charge in [-0.05, 0) is 12.1 Å². The van der Waals surface area contributed by atoms with Crippen LogP contribution in [-0.4, -0.2) is 21.3 Å². The monoisotopic (exact) mass is 241 g/mol. The Morgan fingerprint density at radius 2 is 2.17 bits per heavy atom. The molecule has 0 saturated heterocycles. The zero-order chi connectivity index (χ0) is 12.8. The number of aromatic nitrogens is 3. The zero-order valence-corrected chi connectivity index (χ0v) is 10.2. The molecule has 1 aromatic carbocycles. The Morgan fingerprint density at radius 1 is 1.39 bits per heavy atom. The number of benzene rings is 1. The number of nitrogens with zero attached hydrogens (tertiary/aromatic N) is 4. The van der Waals surface area contributed by atoms with Gasteiger partial charge in [-0.3, -0.25) is 5.32 Å². The van der Waals surface area contributed by atoms with Crippen LogP contribution < -0.4 is 5.32 Å². The molecule has 1 N–H and O–H groups in total. The van der Waals surface area contributed by atoms with Gasteiger partial charge < -0.3 is 0 Å². The van der Waals surface area contributed by atoms with Gasteiger partial charge in [-0.25, -0.2) is 9.67 Å². The van der Waals surface area contributed by atoms with Crippen LogP contribution in [0.1, 0.15) is 12.5 Å². The highest BCUT2D eigenvalue weighted by Crippen LogP contribution is 2.22. The molecule has 2 rings (SSSR count). The summed E-state index contributed by atoms with van der Waals surface area (Å²) < 4.78 is 1.67. The van der Waals surface area contributed by atoms with E-state index in [9.17, 15) is 5.26 Å². The third kappa shape index (κ3) is 2.39. The van der Waals surface area contributed by atoms with Gasteiger partial charge in [0.2, 0.25) is 0 Å². The SMILES string of the molecule is CCNC(C#N)(Cn1cncn1)c1ccccc1. The molecule has 1 atom stereocenters. The average Bonchev–Trinajstić information content (AvgIpc) is 2.92. The number of nitriles is 1. The van der Waals surface area contributed by atoms with Crippen LogP contribution in [0.3, 0.4) is 0 Å². The third-order valence-electron chi connectivity index (χ3n) is 2.80. The highest BCUT2D eigenvalue weighted by molar-refractivity contribution is 5.31. The maximum atomic E-state index is 9.59. The molecular formula is C13H15N5. The second-order valence-corrected chi connectivity index (χ2v) is 4.01. The van der Waals surface area contributed by atoms with Gasteiger partial charge in [0.1, 0.15) is 12.7 Å². The van der Waals surface area contributed by atoms with Crippen molar-refractivity contribution in [3.05, 3.63) is 48.5 Å². The van der Waals surface area contributed by atoms with E-state index >= 15 is 0 Å². The molecule has 0 fully saturated rings. The largest absolute Gasteiger partial charge is 0.294 e. The first-order valence-electron chi connectivity index (χ1n) is 5.85. The number of hydrogen-bond acceptors (Lipinski definition) is 4. The second-order valence-electron chi connectivity index (χ2n) is 4.01. The van der Waals surface area contributed by atoms with E-state index in [1.165, 1.54) is 6.33 Å². The zero-order valence-electron chi connectivity index (χ0n) is 10.2. The number of likely N-dealkylation sites (N-methyl/N-ethyl adjacent to an activating group) is 1. The summed E-state index contributed by atoms with van der Waals surface area (Å²) in [5.74, 6) is 0. The number of rotatable bonds is 5. The molecule has 0 aliphatic carbocycles. The maximum Gasteiger partial charge on any atom is 0.152 e. The predicted octanol–water partition coefficient (Wildman–Crippen LogP) is 1.31. The van der Waals surface area contributed by atoms with Crippen LogP contribution in [0.25, 0.3) is 0 Å². The molecule has 0 aliphatic heterocycles. The van der Waals surface area contributed by atoms with E-state index < -0.39 is 5.54 Å². The summed E-state index contributed by atoms with van der Waals surface area (Å²) in [6, 6.07) is 12.1. The van der Waals surface area contributed by atoms with E-state index in [2.05, 4.69) is 21.5 Å². The van der Waals surface area contributed by atoms with Crippen LogP contribution >= 0.6 is 0 Å². The van der Waals surface area contributed by atoms with Crippen LogP contribution in [0, 0.1) is 11.3 Å². The fraction of sp³-hybridized carbons (Fsp3) is 0.308. The summed E-state index contributed by atoms with van der Waals surface area (Å²) >= 11 is 0. The topological polar surface area (TPSA) is 66.5 Å². The van der Waals surface area contributed by atoms with Gasteiger partial charge >= 0.3 is 0 Å². The first-order valence-corrected chi connectivity index (χ1v) is 5.85. The lowest BCUT2D eigenvalue weighted by molar-refractivity contribution is 0.358. The average molecular weight is 241 g/mol. The van der Waals surface area contributed by atoms with Crippen LogP contribution in [0.2, 0.25) is 0 Å². The summed E-state index contributed by atoms with van der Waals surface area (Å²) in [5, 5.41) is 16.9. The van der Waals surface area contributed by atoms with Crippen molar-refractivity contribution in [3.63, 3.8) is 0 Å². The predicted molar refractivity (Wildman–Crippen MR) is 67.4 cm³/mol. The molecule has 92 valence electrons. The maximum absolute atomic E-state index is 9.59. The Balaban J connectivity index is 2.37. The molecule has 18 heavy (non-hydrogen) atoms. The molecule has 2 aromatic rings. The molecule has 0 aliphatic rings. The Labute approximate surface area is 106 Å². The number of hydrogen-bond donors (Lipinski definition) is 1. The molecular weight excluding hydrogens is 226 g/mol. The molecule has 0 amide bonds. The molecule has 0 radical (unpaired) electrons. The van der Waals surface area contributed by atoms with E-state index in [0.29, 0.717) is 13.1 Å². The smallest absolute Gasteiger partial charge is 0.152 e. The van der Waals surface area contributed by atoms with Crippen molar-refractivity contribution in [2.45, 2.75) is 19.0 Å². The molecule has 1 heterocycles. The highest BCUT2D eigenvalue weighted by Gasteiger charge is 2.32. The number of nitrogens with one attached hydrogen (secondary N) is 1. The summed E-state index contributed by atoms with van der Waals surface area (Å²) in [4.78, 5) is 3.91. The Morgan fingerprint density at radius 3 is 2.72 bits per heavy atom. The summed E-state index contributed by atoms with van der Waals surface area (Å²) in [7, 11) is 0. The first kappa shape index (κ1) is 12.3. The van der Waals surface area contributed by atoms with Crippen molar-refractivity contribution in [2.75, 3.05) is 6.54 Å². The fourth-order valence-corrected chi connectivity index (χ4v) is 1.97. The van der Waals surface area contributed by atoms with Crippen LogP contribution in [0.4, 0.5) is 0 Å². The fourth-order valence-electron chi connectivity index (χ4n) is 1.97. The van der Waals surface area contributed by atoms with Gasteiger partial charge in [-0.2, -0.15) is 10.4 Å². The van der Waals surface area contributed by atoms with Gasteiger partial charge in [0.05, 0.1) is 12.6 Å². The lowest BCUT2D eigenvalue weighted by Crippen LogP contribution is -2.44. The highest BCUT2D eigenvalue weighted by atomic mass is 15.3. The Hall–Kier alpha value is -2.19. The van der Waals surface area contributed by atoms with E-state index in [0.717, 1.165) is 5.56 Å². The van der Waals surface area contributed by atoms with E-state index in [-0.39, 0.29) is 0 Å². The van der Waals surface area contributed by atoms with Crippen LogP contribution in [0.5, 0.6) is 0 Å². The van der Waals surface area contributed by atoms with Crippen molar-refractivity contribution < 1.29 is 0 Å². The summed E-state index contributed by atoms with van der Waals surface area (Å²) in [5.41, 5.74) is 0.161. The third-order valence-corrected chi connectivity index (χ3v) is 2.80. The minimum atomic E-state index is -0.774. The van der Waals surface area contributed by atoms with E-state index in [1.807, 2.05) is 37.3 Å². The van der Waals surface area contributed by atoms with Gasteiger partial charge in [-0.15, -0.1) is 0 Å². The quantitative estimate of drug-likeness (QED) is 0.857. The van der Waals surface area contributed by atoms with Crippen molar-refractivity contribution in [1.29, 1.82) is 5.26 Å². The normalized spacial score (nSPS) is 13.8. The molecule has 5 nitrogen and oxygen atoms in total. The van der Waals surface area contributed by atoms with Crippen molar-refractivity contribution >= 4 is 0 Å². The van der Waals surface area contributed by atoms with Crippen molar-refractivity contribution in [2.24, 2.45) is 0 Å². The molecule has 1 unspecified atom stereocenters. The van der Waals surface area contributed by atoms with Gasteiger partial charge in [-0.1, -0.05) is 37.3 Å². The lowest BCUT2D eigenvalue weighted by Gasteiger charge is -2.27. The first-order chi connectivity index (χ1) is 8.80. The summed E-state index contributed by atoms with van der Waals surface area (Å²) in [6.07, 6.45) is 3.09. The van der Waals surface area contributed by atoms with Crippen LogP contribution in [-0.2, 0) is 12.1 Å². The van der Waals surface area contributed by atoms with E-state index in [4.69, 9.17) is 0 Å². The molecule has 0 spiro atoms. The summed E-state index contributed by atoms with van der Waals surface area (Å²) in [6.45, 7) is 3.12. The second kappa shape index (κ2) is 5.43.